The van der Waals surface area contributed by atoms with Gasteiger partial charge in [0.1, 0.15) is 5.75 Å². The van der Waals surface area contributed by atoms with Crippen molar-refractivity contribution in [3.63, 3.8) is 0 Å². The molecule has 0 spiro atoms. The zero-order valence-electron chi connectivity index (χ0n) is 13.1. The molecule has 0 aromatic heterocycles. The largest absolute Gasteiger partial charge is 0.573 e. The molecule has 0 bridgehead atoms. The molecule has 134 valence electrons. The maximum atomic E-state index is 12.3. The van der Waals surface area contributed by atoms with Crippen LogP contribution in [0, 0.1) is 0 Å². The van der Waals surface area contributed by atoms with Crippen molar-refractivity contribution < 1.29 is 32.2 Å². The summed E-state index contributed by atoms with van der Waals surface area (Å²) in [5.41, 5.74) is 0.287. The number of alkyl halides is 3. The normalized spacial score (nSPS) is 10.8. The Hall–Kier alpha value is -2.45. The number of carbonyl (C=O) groups is 2. The Bertz CT molecular complexity index is 550. The standard InChI is InChI=1S/C15H19F3N2O4/c1-2-23-14(22)20-10-9-19-13(21)8-7-11-5-3-4-6-12(11)24-15(16,17)18/h3-6H,2,7-10H2,1H3,(H,19,21)(H,20,22). The number of benzene rings is 1. The Morgan fingerprint density at radius 1 is 1.12 bits per heavy atom. The minimum Gasteiger partial charge on any atom is -0.450 e. The summed E-state index contributed by atoms with van der Waals surface area (Å²) in [7, 11) is 0. The van der Waals surface area contributed by atoms with E-state index in [2.05, 4.69) is 20.1 Å². The Balaban J connectivity index is 2.36. The van der Waals surface area contributed by atoms with Gasteiger partial charge in [0.25, 0.3) is 0 Å². The Morgan fingerprint density at radius 2 is 1.79 bits per heavy atom. The van der Waals surface area contributed by atoms with Crippen molar-refractivity contribution in [2.45, 2.75) is 26.1 Å². The van der Waals surface area contributed by atoms with Crippen LogP contribution in [0.15, 0.2) is 24.3 Å². The first-order valence-electron chi connectivity index (χ1n) is 7.32. The third-order valence-electron chi connectivity index (χ3n) is 2.81. The quantitative estimate of drug-likeness (QED) is 0.707. The van der Waals surface area contributed by atoms with Gasteiger partial charge >= 0.3 is 12.5 Å². The van der Waals surface area contributed by atoms with E-state index in [0.717, 1.165) is 0 Å². The van der Waals surface area contributed by atoms with Gasteiger partial charge < -0.3 is 20.1 Å². The molecule has 0 saturated heterocycles. The maximum Gasteiger partial charge on any atom is 0.573 e. The number of amides is 2. The van der Waals surface area contributed by atoms with Gasteiger partial charge in [0.15, 0.2) is 0 Å². The molecule has 24 heavy (non-hydrogen) atoms. The minimum absolute atomic E-state index is 0.00234. The number of rotatable bonds is 8. The van der Waals surface area contributed by atoms with E-state index in [9.17, 15) is 22.8 Å². The van der Waals surface area contributed by atoms with Gasteiger partial charge in [-0.05, 0) is 25.0 Å². The number of ether oxygens (including phenoxy) is 2. The second-order valence-electron chi connectivity index (χ2n) is 4.65. The van der Waals surface area contributed by atoms with Gasteiger partial charge in [0, 0.05) is 19.5 Å². The van der Waals surface area contributed by atoms with Crippen molar-refractivity contribution >= 4 is 12.0 Å². The van der Waals surface area contributed by atoms with Gasteiger partial charge in [-0.3, -0.25) is 4.79 Å². The number of aryl methyl sites for hydroxylation is 1. The van der Waals surface area contributed by atoms with Crippen LogP contribution in [0.3, 0.4) is 0 Å². The Morgan fingerprint density at radius 3 is 2.46 bits per heavy atom. The maximum absolute atomic E-state index is 12.3. The van der Waals surface area contributed by atoms with E-state index in [1.54, 1.807) is 13.0 Å². The van der Waals surface area contributed by atoms with E-state index in [0.29, 0.717) is 0 Å². The highest BCUT2D eigenvalue weighted by atomic mass is 19.4. The molecule has 2 N–H and O–H groups in total. The SMILES string of the molecule is CCOC(=O)NCCNC(=O)CCc1ccccc1OC(F)(F)F. The molecular weight excluding hydrogens is 329 g/mol. The molecule has 0 heterocycles. The number of hydrogen-bond donors (Lipinski definition) is 2. The summed E-state index contributed by atoms with van der Waals surface area (Å²) < 4.78 is 45.5. The first-order valence-corrected chi connectivity index (χ1v) is 7.32. The van der Waals surface area contributed by atoms with Gasteiger partial charge in [-0.1, -0.05) is 18.2 Å². The van der Waals surface area contributed by atoms with E-state index < -0.39 is 12.5 Å². The molecular formula is C15H19F3N2O4. The summed E-state index contributed by atoms with van der Waals surface area (Å²) in [6.07, 6.45) is -5.26. The van der Waals surface area contributed by atoms with Crippen molar-refractivity contribution in [2.75, 3.05) is 19.7 Å². The molecule has 2 amide bonds. The van der Waals surface area contributed by atoms with Crippen LogP contribution in [0.25, 0.3) is 0 Å². The van der Waals surface area contributed by atoms with Crippen LogP contribution >= 0.6 is 0 Å². The molecule has 0 radical (unpaired) electrons. The smallest absolute Gasteiger partial charge is 0.450 e. The first-order chi connectivity index (χ1) is 11.3. The van der Waals surface area contributed by atoms with Gasteiger partial charge in [0.05, 0.1) is 6.61 Å². The lowest BCUT2D eigenvalue weighted by Crippen LogP contribution is -2.35. The third kappa shape index (κ3) is 8.25. The highest BCUT2D eigenvalue weighted by Gasteiger charge is 2.31. The highest BCUT2D eigenvalue weighted by Crippen LogP contribution is 2.26. The molecule has 0 saturated carbocycles. The van der Waals surface area contributed by atoms with Gasteiger partial charge in [-0.15, -0.1) is 13.2 Å². The van der Waals surface area contributed by atoms with Gasteiger partial charge in [-0.2, -0.15) is 0 Å². The molecule has 1 rings (SSSR count). The van der Waals surface area contributed by atoms with E-state index in [-0.39, 0.29) is 49.8 Å². The molecule has 6 nitrogen and oxygen atoms in total. The van der Waals surface area contributed by atoms with E-state index >= 15 is 0 Å². The lowest BCUT2D eigenvalue weighted by molar-refractivity contribution is -0.274. The molecule has 0 fully saturated rings. The lowest BCUT2D eigenvalue weighted by atomic mass is 10.1. The van der Waals surface area contributed by atoms with Crippen molar-refractivity contribution in [3.8, 4) is 5.75 Å². The predicted molar refractivity (Wildman–Crippen MR) is 79.5 cm³/mol. The number of alkyl carbamates (subject to hydrolysis) is 1. The fourth-order valence-corrected chi connectivity index (χ4v) is 1.82. The molecule has 0 unspecified atom stereocenters. The van der Waals surface area contributed by atoms with Crippen LogP contribution in [-0.4, -0.2) is 38.1 Å². The third-order valence-corrected chi connectivity index (χ3v) is 2.81. The van der Waals surface area contributed by atoms with Crippen molar-refractivity contribution in [2.24, 2.45) is 0 Å². The van der Waals surface area contributed by atoms with Crippen LogP contribution in [-0.2, 0) is 16.0 Å². The minimum atomic E-state index is -4.78. The molecule has 0 aliphatic rings. The average molecular weight is 348 g/mol. The van der Waals surface area contributed by atoms with Gasteiger partial charge in [-0.25, -0.2) is 4.79 Å². The molecule has 0 aliphatic carbocycles. The fourth-order valence-electron chi connectivity index (χ4n) is 1.82. The molecule has 0 atom stereocenters. The average Bonchev–Trinajstić information content (AvgIpc) is 2.49. The van der Waals surface area contributed by atoms with Crippen LogP contribution in [0.4, 0.5) is 18.0 Å². The second-order valence-corrected chi connectivity index (χ2v) is 4.65. The topological polar surface area (TPSA) is 76.7 Å². The molecule has 0 aliphatic heterocycles. The molecule has 1 aromatic carbocycles. The van der Waals surface area contributed by atoms with Crippen LogP contribution in [0.2, 0.25) is 0 Å². The second kappa shape index (κ2) is 9.64. The number of halogens is 3. The van der Waals surface area contributed by atoms with Crippen LogP contribution in [0.5, 0.6) is 5.75 Å². The number of carbonyl (C=O) groups excluding carboxylic acids is 2. The van der Waals surface area contributed by atoms with Crippen molar-refractivity contribution in [3.05, 3.63) is 29.8 Å². The summed E-state index contributed by atoms with van der Waals surface area (Å²) in [5.74, 6) is -0.663. The lowest BCUT2D eigenvalue weighted by Gasteiger charge is -2.13. The van der Waals surface area contributed by atoms with Crippen molar-refractivity contribution in [1.82, 2.24) is 10.6 Å². The molecule has 9 heteroatoms. The van der Waals surface area contributed by atoms with Crippen LogP contribution in [0.1, 0.15) is 18.9 Å². The zero-order chi connectivity index (χ0) is 18.0. The summed E-state index contributed by atoms with van der Waals surface area (Å²) in [5, 5.41) is 4.97. The monoisotopic (exact) mass is 348 g/mol. The van der Waals surface area contributed by atoms with Gasteiger partial charge in [0.2, 0.25) is 5.91 Å². The highest BCUT2D eigenvalue weighted by molar-refractivity contribution is 5.76. The summed E-state index contributed by atoms with van der Waals surface area (Å²) in [4.78, 5) is 22.7. The summed E-state index contributed by atoms with van der Waals surface area (Å²) in [6.45, 7) is 2.30. The zero-order valence-corrected chi connectivity index (χ0v) is 13.1. The summed E-state index contributed by atoms with van der Waals surface area (Å²) >= 11 is 0. The molecule has 1 aromatic rings. The Kier molecular flexibility index (Phi) is 7.87. The van der Waals surface area contributed by atoms with E-state index in [1.807, 2.05) is 0 Å². The summed E-state index contributed by atoms with van der Waals surface area (Å²) in [6, 6.07) is 5.66. The predicted octanol–water partition coefficient (Wildman–Crippen LogP) is 2.38. The first kappa shape index (κ1) is 19.6. The Labute approximate surface area is 137 Å². The number of nitrogens with one attached hydrogen (secondary N) is 2. The van der Waals surface area contributed by atoms with E-state index in [4.69, 9.17) is 0 Å². The number of hydrogen-bond acceptors (Lipinski definition) is 4. The van der Waals surface area contributed by atoms with Crippen molar-refractivity contribution in [1.29, 1.82) is 0 Å². The van der Waals surface area contributed by atoms with Crippen LogP contribution < -0.4 is 15.4 Å². The van der Waals surface area contributed by atoms with E-state index in [1.165, 1.54) is 18.2 Å². The fraction of sp³-hybridized carbons (Fsp3) is 0.467. The number of para-hydroxylation sites is 1.